The van der Waals surface area contributed by atoms with Gasteiger partial charge in [-0.25, -0.2) is 0 Å². The van der Waals surface area contributed by atoms with Crippen LogP contribution in [-0.2, 0) is 9.59 Å². The summed E-state index contributed by atoms with van der Waals surface area (Å²) < 4.78 is 5.97. The van der Waals surface area contributed by atoms with Gasteiger partial charge in [-0.1, -0.05) is 28.1 Å². The standard InChI is InChI=1S/C16H15BrN2O3/c1-10-6-7-14(22-2)13(8-10)19-16(21)15(20)18-12-5-3-4-11(17)9-12/h3-9H,1-2H3,(H,18,20)(H,19,21). The summed E-state index contributed by atoms with van der Waals surface area (Å²) in [6.45, 7) is 1.89. The van der Waals surface area contributed by atoms with Gasteiger partial charge in [0.25, 0.3) is 0 Å². The zero-order valence-corrected chi connectivity index (χ0v) is 13.7. The van der Waals surface area contributed by atoms with E-state index in [0.29, 0.717) is 17.1 Å². The average Bonchev–Trinajstić information content (AvgIpc) is 2.47. The fourth-order valence-corrected chi connectivity index (χ4v) is 2.25. The number of amides is 2. The summed E-state index contributed by atoms with van der Waals surface area (Å²) in [5, 5.41) is 5.08. The normalized spacial score (nSPS) is 9.95. The lowest BCUT2D eigenvalue weighted by Gasteiger charge is -2.11. The number of hydrogen-bond donors (Lipinski definition) is 2. The van der Waals surface area contributed by atoms with Crippen LogP contribution in [0.5, 0.6) is 5.75 Å². The summed E-state index contributed by atoms with van der Waals surface area (Å²) in [5.74, 6) is -1.01. The maximum absolute atomic E-state index is 12.0. The summed E-state index contributed by atoms with van der Waals surface area (Å²) in [5.41, 5.74) is 1.94. The molecule has 2 rings (SSSR count). The van der Waals surface area contributed by atoms with Crippen molar-refractivity contribution in [1.82, 2.24) is 0 Å². The van der Waals surface area contributed by atoms with Crippen molar-refractivity contribution in [2.75, 3.05) is 17.7 Å². The Bertz CT molecular complexity index is 716. The van der Waals surface area contributed by atoms with Gasteiger partial charge in [-0.3, -0.25) is 9.59 Å². The molecule has 2 aromatic rings. The van der Waals surface area contributed by atoms with Crippen LogP contribution in [-0.4, -0.2) is 18.9 Å². The smallest absolute Gasteiger partial charge is 0.314 e. The molecule has 22 heavy (non-hydrogen) atoms. The van der Waals surface area contributed by atoms with E-state index in [4.69, 9.17) is 4.74 Å². The molecule has 2 N–H and O–H groups in total. The molecule has 0 bridgehead atoms. The molecule has 114 valence electrons. The highest BCUT2D eigenvalue weighted by atomic mass is 79.9. The Kier molecular flexibility index (Phi) is 5.16. The summed E-state index contributed by atoms with van der Waals surface area (Å²) >= 11 is 3.30. The maximum atomic E-state index is 12.0. The molecule has 2 aromatic carbocycles. The quantitative estimate of drug-likeness (QED) is 0.822. The molecule has 0 aromatic heterocycles. The minimum Gasteiger partial charge on any atom is -0.495 e. The van der Waals surface area contributed by atoms with E-state index in [1.807, 2.05) is 19.1 Å². The van der Waals surface area contributed by atoms with Crippen LogP contribution in [0.4, 0.5) is 11.4 Å². The van der Waals surface area contributed by atoms with Crippen LogP contribution in [0.15, 0.2) is 46.9 Å². The van der Waals surface area contributed by atoms with E-state index in [2.05, 4.69) is 26.6 Å². The zero-order valence-electron chi connectivity index (χ0n) is 12.1. The molecule has 0 atom stereocenters. The molecule has 0 unspecified atom stereocenters. The molecular formula is C16H15BrN2O3. The van der Waals surface area contributed by atoms with Crippen molar-refractivity contribution in [3.05, 3.63) is 52.5 Å². The van der Waals surface area contributed by atoms with Gasteiger partial charge in [-0.2, -0.15) is 0 Å². The van der Waals surface area contributed by atoms with Gasteiger partial charge in [0.2, 0.25) is 0 Å². The number of carbonyl (C=O) groups excluding carboxylic acids is 2. The monoisotopic (exact) mass is 362 g/mol. The van der Waals surface area contributed by atoms with Crippen LogP contribution in [0, 0.1) is 6.92 Å². The molecule has 6 heteroatoms. The molecule has 0 heterocycles. The van der Waals surface area contributed by atoms with Gasteiger partial charge in [-0.15, -0.1) is 0 Å². The fraction of sp³-hybridized carbons (Fsp3) is 0.125. The van der Waals surface area contributed by atoms with E-state index in [1.165, 1.54) is 7.11 Å². The Morgan fingerprint density at radius 1 is 1.05 bits per heavy atom. The molecule has 0 saturated heterocycles. The predicted octanol–water partition coefficient (Wildman–Crippen LogP) is 3.34. The van der Waals surface area contributed by atoms with E-state index in [1.54, 1.807) is 30.3 Å². The van der Waals surface area contributed by atoms with Gasteiger partial charge >= 0.3 is 11.8 Å². The van der Waals surface area contributed by atoms with Crippen LogP contribution in [0.3, 0.4) is 0 Å². The van der Waals surface area contributed by atoms with Crippen LogP contribution in [0.25, 0.3) is 0 Å². The van der Waals surface area contributed by atoms with Crippen LogP contribution < -0.4 is 15.4 Å². The lowest BCUT2D eigenvalue weighted by molar-refractivity contribution is -0.133. The van der Waals surface area contributed by atoms with Crippen LogP contribution in [0.1, 0.15) is 5.56 Å². The minimum atomic E-state index is -0.760. The number of halogens is 1. The van der Waals surface area contributed by atoms with Crippen molar-refractivity contribution in [2.24, 2.45) is 0 Å². The second kappa shape index (κ2) is 7.09. The van der Waals surface area contributed by atoms with Crippen molar-refractivity contribution < 1.29 is 14.3 Å². The highest BCUT2D eigenvalue weighted by molar-refractivity contribution is 9.10. The number of benzene rings is 2. The molecule has 5 nitrogen and oxygen atoms in total. The largest absolute Gasteiger partial charge is 0.495 e. The lowest BCUT2D eigenvalue weighted by atomic mass is 10.2. The van der Waals surface area contributed by atoms with Crippen molar-refractivity contribution >= 4 is 39.1 Å². The fourth-order valence-electron chi connectivity index (χ4n) is 1.85. The van der Waals surface area contributed by atoms with Gasteiger partial charge in [-0.05, 0) is 42.8 Å². The molecule has 2 amide bonds. The number of anilines is 2. The number of rotatable bonds is 3. The SMILES string of the molecule is COc1ccc(C)cc1NC(=O)C(=O)Nc1cccc(Br)c1. The molecular weight excluding hydrogens is 348 g/mol. The molecule has 0 radical (unpaired) electrons. The van der Waals surface area contributed by atoms with Gasteiger partial charge in [0, 0.05) is 10.2 Å². The van der Waals surface area contributed by atoms with E-state index in [9.17, 15) is 9.59 Å². The molecule has 0 spiro atoms. The van der Waals surface area contributed by atoms with Gasteiger partial charge in [0.15, 0.2) is 0 Å². The van der Waals surface area contributed by atoms with Crippen molar-refractivity contribution in [3.8, 4) is 5.75 Å². The van der Waals surface area contributed by atoms with Crippen LogP contribution >= 0.6 is 15.9 Å². The summed E-state index contributed by atoms with van der Waals surface area (Å²) in [6, 6.07) is 12.3. The number of aryl methyl sites for hydroxylation is 1. The number of ether oxygens (including phenoxy) is 1. The first-order valence-corrected chi connectivity index (χ1v) is 7.31. The molecule has 0 aliphatic carbocycles. The van der Waals surface area contributed by atoms with Gasteiger partial charge < -0.3 is 15.4 Å². The number of methoxy groups -OCH3 is 1. The predicted molar refractivity (Wildman–Crippen MR) is 89.1 cm³/mol. The Hall–Kier alpha value is -2.34. The molecule has 0 aliphatic rings. The van der Waals surface area contributed by atoms with Crippen LogP contribution in [0.2, 0.25) is 0 Å². The third-order valence-corrected chi connectivity index (χ3v) is 3.39. The summed E-state index contributed by atoms with van der Waals surface area (Å²) in [4.78, 5) is 23.9. The van der Waals surface area contributed by atoms with E-state index < -0.39 is 11.8 Å². The topological polar surface area (TPSA) is 67.4 Å². The highest BCUT2D eigenvalue weighted by Gasteiger charge is 2.16. The summed E-state index contributed by atoms with van der Waals surface area (Å²) in [6.07, 6.45) is 0. The van der Waals surface area contributed by atoms with E-state index >= 15 is 0 Å². The Morgan fingerprint density at radius 3 is 2.45 bits per heavy atom. The van der Waals surface area contributed by atoms with Crippen molar-refractivity contribution in [3.63, 3.8) is 0 Å². The molecule has 0 fully saturated rings. The summed E-state index contributed by atoms with van der Waals surface area (Å²) in [7, 11) is 1.50. The Labute approximate surface area is 136 Å². The first-order valence-electron chi connectivity index (χ1n) is 6.52. The third-order valence-electron chi connectivity index (χ3n) is 2.89. The molecule has 0 saturated carbocycles. The Balaban J connectivity index is 2.09. The lowest BCUT2D eigenvalue weighted by Crippen LogP contribution is -2.29. The minimum absolute atomic E-state index is 0.455. The Morgan fingerprint density at radius 2 is 1.77 bits per heavy atom. The number of nitrogens with one attached hydrogen (secondary N) is 2. The van der Waals surface area contributed by atoms with Gasteiger partial charge in [0.1, 0.15) is 5.75 Å². The first kappa shape index (κ1) is 16.0. The van der Waals surface area contributed by atoms with E-state index in [-0.39, 0.29) is 0 Å². The van der Waals surface area contributed by atoms with Crippen molar-refractivity contribution in [1.29, 1.82) is 0 Å². The second-order valence-corrected chi connectivity index (χ2v) is 5.54. The highest BCUT2D eigenvalue weighted by Crippen LogP contribution is 2.25. The number of carbonyl (C=O) groups is 2. The average molecular weight is 363 g/mol. The zero-order chi connectivity index (χ0) is 16.1. The first-order chi connectivity index (χ1) is 10.5. The second-order valence-electron chi connectivity index (χ2n) is 4.62. The van der Waals surface area contributed by atoms with E-state index in [0.717, 1.165) is 10.0 Å². The van der Waals surface area contributed by atoms with Crippen molar-refractivity contribution in [2.45, 2.75) is 6.92 Å². The molecule has 0 aliphatic heterocycles. The third kappa shape index (κ3) is 4.08. The maximum Gasteiger partial charge on any atom is 0.314 e. The number of hydrogen-bond acceptors (Lipinski definition) is 3. The van der Waals surface area contributed by atoms with Gasteiger partial charge in [0.05, 0.1) is 12.8 Å².